The molecule has 2 aliphatic carbocycles. The highest BCUT2D eigenvalue weighted by atomic mass is 16.5. The van der Waals surface area contributed by atoms with Crippen molar-refractivity contribution in [3.8, 4) is 5.75 Å². The van der Waals surface area contributed by atoms with Crippen molar-refractivity contribution in [2.45, 2.75) is 71.8 Å². The minimum atomic E-state index is 0.252. The molecule has 3 atom stereocenters. The third-order valence-corrected chi connectivity index (χ3v) is 7.40. The van der Waals surface area contributed by atoms with E-state index in [9.17, 15) is 4.79 Å². The lowest BCUT2D eigenvalue weighted by molar-refractivity contribution is -0.126. The summed E-state index contributed by atoms with van der Waals surface area (Å²) in [6.07, 6.45) is 6.18. The van der Waals surface area contributed by atoms with E-state index in [4.69, 9.17) is 4.74 Å². The number of fused-ring (bicyclic) bond motifs is 3. The number of rotatable bonds is 6. The maximum atomic E-state index is 12.6. The Kier molecular flexibility index (Phi) is 5.81. The molecule has 1 unspecified atom stereocenters. The predicted octanol–water partition coefficient (Wildman–Crippen LogP) is 6.72. The summed E-state index contributed by atoms with van der Waals surface area (Å²) in [7, 11) is 0. The van der Waals surface area contributed by atoms with Gasteiger partial charge in [-0.3, -0.25) is 4.79 Å². The largest absolute Gasteiger partial charge is 0.489 e. The van der Waals surface area contributed by atoms with Crippen molar-refractivity contribution in [3.63, 3.8) is 0 Å². The lowest BCUT2D eigenvalue weighted by Gasteiger charge is -2.51. The number of carbonyl (C=O) groups is 1. The second-order valence-electron chi connectivity index (χ2n) is 9.81. The first-order valence-electron chi connectivity index (χ1n) is 11.3. The Labute approximate surface area is 175 Å². The molecule has 0 N–H and O–H groups in total. The zero-order valence-electron chi connectivity index (χ0n) is 18.1. The number of Topliss-reactive ketones (excluding diaryl/α,β-unsaturated/α-hetero) is 1. The van der Waals surface area contributed by atoms with Gasteiger partial charge < -0.3 is 4.74 Å². The van der Waals surface area contributed by atoms with E-state index in [2.05, 4.69) is 51.1 Å². The van der Waals surface area contributed by atoms with Crippen LogP contribution in [0.25, 0.3) is 0 Å². The third-order valence-electron chi connectivity index (χ3n) is 7.40. The van der Waals surface area contributed by atoms with Gasteiger partial charge in [0.05, 0.1) is 0 Å². The van der Waals surface area contributed by atoms with Crippen LogP contribution in [0, 0.1) is 17.3 Å². The highest BCUT2D eigenvalue weighted by molar-refractivity contribution is 5.81. The van der Waals surface area contributed by atoms with Crippen molar-refractivity contribution in [3.05, 3.63) is 65.2 Å². The smallest absolute Gasteiger partial charge is 0.133 e. The van der Waals surface area contributed by atoms with Gasteiger partial charge in [-0.1, -0.05) is 63.6 Å². The zero-order chi connectivity index (χ0) is 20.4. The topological polar surface area (TPSA) is 26.3 Å². The summed E-state index contributed by atoms with van der Waals surface area (Å²) in [6, 6.07) is 16.9. The van der Waals surface area contributed by atoms with E-state index >= 15 is 0 Å². The predicted molar refractivity (Wildman–Crippen MR) is 118 cm³/mol. The number of ketones is 1. The molecule has 2 aliphatic rings. The minimum absolute atomic E-state index is 0.252. The van der Waals surface area contributed by atoms with Gasteiger partial charge in [0, 0.05) is 12.8 Å². The van der Waals surface area contributed by atoms with E-state index in [1.807, 2.05) is 18.2 Å². The van der Waals surface area contributed by atoms with Gasteiger partial charge >= 0.3 is 0 Å². The van der Waals surface area contributed by atoms with Crippen LogP contribution in [0.15, 0.2) is 48.5 Å². The highest BCUT2D eigenvalue weighted by Gasteiger charge is 2.49. The maximum absolute atomic E-state index is 12.6. The molecule has 29 heavy (non-hydrogen) atoms. The molecule has 2 nitrogen and oxygen atoms in total. The molecule has 2 aromatic carbocycles. The van der Waals surface area contributed by atoms with Crippen LogP contribution in [0.2, 0.25) is 0 Å². The first-order chi connectivity index (χ1) is 14.0. The van der Waals surface area contributed by atoms with Crippen LogP contribution in [-0.2, 0) is 17.8 Å². The van der Waals surface area contributed by atoms with Gasteiger partial charge in [0.1, 0.15) is 18.1 Å². The molecule has 2 aromatic rings. The Morgan fingerprint density at radius 2 is 1.90 bits per heavy atom. The number of hydrogen-bond donors (Lipinski definition) is 0. The van der Waals surface area contributed by atoms with Crippen LogP contribution in [0.5, 0.6) is 5.75 Å². The molecule has 4 rings (SSSR count). The van der Waals surface area contributed by atoms with Gasteiger partial charge in [0.2, 0.25) is 0 Å². The van der Waals surface area contributed by atoms with Crippen molar-refractivity contribution < 1.29 is 9.53 Å². The van der Waals surface area contributed by atoms with Crippen molar-refractivity contribution in [2.24, 2.45) is 17.3 Å². The summed E-state index contributed by atoms with van der Waals surface area (Å²) in [5, 5.41) is 0. The number of carbonyl (C=O) groups excluding carboxylic acids is 1. The number of aryl methyl sites for hydroxylation is 1. The molecule has 0 spiro atoms. The monoisotopic (exact) mass is 390 g/mol. The summed E-state index contributed by atoms with van der Waals surface area (Å²) in [5.74, 6) is 2.99. The third kappa shape index (κ3) is 4.27. The van der Waals surface area contributed by atoms with Gasteiger partial charge in [-0.05, 0) is 71.3 Å². The molecule has 0 radical (unpaired) electrons. The fourth-order valence-electron chi connectivity index (χ4n) is 5.52. The quantitative estimate of drug-likeness (QED) is 0.547. The molecule has 1 saturated carbocycles. The summed E-state index contributed by atoms with van der Waals surface area (Å²) < 4.78 is 6.06. The number of ether oxygens (including phenoxy) is 1. The molecule has 0 heterocycles. The van der Waals surface area contributed by atoms with E-state index in [0.29, 0.717) is 36.6 Å². The Balaban J connectivity index is 1.53. The van der Waals surface area contributed by atoms with E-state index < -0.39 is 0 Å². The Bertz CT molecular complexity index is 854. The fraction of sp³-hybridized carbons (Fsp3) is 0.519. The fourth-order valence-corrected chi connectivity index (χ4v) is 5.52. The summed E-state index contributed by atoms with van der Waals surface area (Å²) in [4.78, 5) is 12.6. The lowest BCUT2D eigenvalue weighted by atomic mass is 9.53. The Morgan fingerprint density at radius 1 is 1.10 bits per heavy atom. The average molecular weight is 391 g/mol. The molecule has 0 aliphatic heterocycles. The molecule has 0 aromatic heterocycles. The second kappa shape index (κ2) is 8.34. The number of benzene rings is 2. The van der Waals surface area contributed by atoms with Gasteiger partial charge in [0.25, 0.3) is 0 Å². The summed E-state index contributed by atoms with van der Waals surface area (Å²) in [6.45, 7) is 7.63. The molecule has 2 heteroatoms. The Morgan fingerprint density at radius 3 is 2.66 bits per heavy atom. The molecular formula is C27H34O2. The Hall–Kier alpha value is -2.09. The van der Waals surface area contributed by atoms with Crippen molar-refractivity contribution in [1.29, 1.82) is 0 Å². The van der Waals surface area contributed by atoms with Gasteiger partial charge in [-0.25, -0.2) is 0 Å². The standard InChI is InChI=1S/C27H34O2/c1-19(2)9-10-22-16-23(28)17-26-25-12-11-24(15-21(25)13-14-27(22,26)3)29-18-20-7-5-4-6-8-20/h4-8,11-12,15,19,22,26H,9-10,13-14,16-18H2,1-3H3/t22-,26?,27-/m1/s1. The van der Waals surface area contributed by atoms with Crippen LogP contribution < -0.4 is 4.74 Å². The van der Waals surface area contributed by atoms with E-state index in [-0.39, 0.29) is 5.41 Å². The lowest BCUT2D eigenvalue weighted by Crippen LogP contribution is -2.43. The van der Waals surface area contributed by atoms with Crippen molar-refractivity contribution in [1.82, 2.24) is 0 Å². The van der Waals surface area contributed by atoms with Crippen LogP contribution in [0.3, 0.4) is 0 Å². The summed E-state index contributed by atoms with van der Waals surface area (Å²) >= 11 is 0. The normalized spacial score (nSPS) is 26.1. The van der Waals surface area contributed by atoms with E-state index in [1.54, 1.807) is 0 Å². The first-order valence-corrected chi connectivity index (χ1v) is 11.3. The molecule has 154 valence electrons. The molecule has 0 amide bonds. The second-order valence-corrected chi connectivity index (χ2v) is 9.81. The van der Waals surface area contributed by atoms with Crippen molar-refractivity contribution in [2.75, 3.05) is 0 Å². The SMILES string of the molecule is CC(C)CC[C@@H]1CC(=O)CC2c3ccc(OCc4ccccc4)cc3CC[C@@]21C. The van der Waals surface area contributed by atoms with Crippen LogP contribution in [-0.4, -0.2) is 5.78 Å². The molecule has 1 fully saturated rings. The highest BCUT2D eigenvalue weighted by Crippen LogP contribution is 2.57. The van der Waals surface area contributed by atoms with Crippen molar-refractivity contribution >= 4 is 5.78 Å². The van der Waals surface area contributed by atoms with Gasteiger partial charge in [-0.2, -0.15) is 0 Å². The van der Waals surface area contributed by atoms with Gasteiger partial charge in [-0.15, -0.1) is 0 Å². The average Bonchev–Trinajstić information content (AvgIpc) is 2.72. The first kappa shape index (κ1) is 20.2. The van der Waals surface area contributed by atoms with Crippen LogP contribution in [0.4, 0.5) is 0 Å². The number of hydrogen-bond acceptors (Lipinski definition) is 2. The van der Waals surface area contributed by atoms with Gasteiger partial charge in [0.15, 0.2) is 0 Å². The molecule has 0 saturated heterocycles. The van der Waals surface area contributed by atoms with Crippen LogP contribution in [0.1, 0.15) is 75.5 Å². The van der Waals surface area contributed by atoms with Crippen LogP contribution >= 0.6 is 0 Å². The zero-order valence-corrected chi connectivity index (χ0v) is 18.1. The minimum Gasteiger partial charge on any atom is -0.489 e. The molecule has 0 bridgehead atoms. The van der Waals surface area contributed by atoms with E-state index in [0.717, 1.165) is 18.6 Å². The summed E-state index contributed by atoms with van der Waals surface area (Å²) in [5.41, 5.74) is 4.22. The molecular weight excluding hydrogens is 356 g/mol. The maximum Gasteiger partial charge on any atom is 0.133 e. The van der Waals surface area contributed by atoms with E-state index in [1.165, 1.54) is 36.0 Å².